The largest absolute Gasteiger partial charge is 0.395 e. The van der Waals surface area contributed by atoms with Crippen molar-refractivity contribution in [3.8, 4) is 0 Å². The zero-order chi connectivity index (χ0) is 12.8. The van der Waals surface area contributed by atoms with Crippen molar-refractivity contribution in [2.24, 2.45) is 5.73 Å². The van der Waals surface area contributed by atoms with Crippen LogP contribution >= 0.6 is 0 Å². The molecule has 1 aromatic carbocycles. The molecule has 1 atom stereocenters. The van der Waals surface area contributed by atoms with Crippen LogP contribution in [0.15, 0.2) is 30.9 Å². The first-order valence-corrected chi connectivity index (χ1v) is 5.62. The molecule has 0 bridgehead atoms. The van der Waals surface area contributed by atoms with Crippen LogP contribution in [0.5, 0.6) is 0 Å². The molecule has 4 heteroatoms. The highest BCUT2D eigenvalue weighted by Crippen LogP contribution is 2.27. The quantitative estimate of drug-likeness (QED) is 0.743. The van der Waals surface area contributed by atoms with Gasteiger partial charge in [-0.05, 0) is 19.1 Å². The summed E-state index contributed by atoms with van der Waals surface area (Å²) in [4.78, 5) is 1.86. The van der Waals surface area contributed by atoms with Gasteiger partial charge in [0.2, 0.25) is 0 Å². The first kappa shape index (κ1) is 13.7. The van der Waals surface area contributed by atoms with Gasteiger partial charge in [-0.15, -0.1) is 6.58 Å². The normalized spacial score (nSPS) is 12.2. The Labute approximate surface area is 101 Å². The molecule has 0 aliphatic rings. The third-order valence-corrected chi connectivity index (χ3v) is 2.55. The Kier molecular flexibility index (Phi) is 5.12. The number of aliphatic hydroxyl groups excluding tert-OH is 1. The second-order valence-electron chi connectivity index (χ2n) is 3.92. The summed E-state index contributed by atoms with van der Waals surface area (Å²) in [6.45, 7) is 6.37. The zero-order valence-electron chi connectivity index (χ0n) is 10.1. The molecule has 0 fully saturated rings. The minimum Gasteiger partial charge on any atom is -0.395 e. The number of nitrogens with zero attached hydrogens (tertiary/aromatic N) is 1. The van der Waals surface area contributed by atoms with Crippen LogP contribution in [0.25, 0.3) is 0 Å². The maximum Gasteiger partial charge on any atom is 0.130 e. The second-order valence-corrected chi connectivity index (χ2v) is 3.92. The summed E-state index contributed by atoms with van der Waals surface area (Å²) in [6.07, 6.45) is 1.71. The summed E-state index contributed by atoms with van der Waals surface area (Å²) >= 11 is 0. The summed E-state index contributed by atoms with van der Waals surface area (Å²) < 4.78 is 13.7. The van der Waals surface area contributed by atoms with Crippen molar-refractivity contribution >= 4 is 5.69 Å². The summed E-state index contributed by atoms with van der Waals surface area (Å²) in [5, 5.41) is 9.02. The number of rotatable bonds is 6. The van der Waals surface area contributed by atoms with Crippen molar-refractivity contribution in [3.63, 3.8) is 0 Å². The molecule has 1 aromatic rings. The molecule has 0 aliphatic carbocycles. The smallest absolute Gasteiger partial charge is 0.130 e. The summed E-state index contributed by atoms with van der Waals surface area (Å²) in [5.41, 5.74) is 6.98. The Balaban J connectivity index is 3.16. The Hall–Kier alpha value is -1.39. The standard InChI is InChI=1S/C13H19FN2O/c1-3-7-16(8-9-17)12-6-4-5-11(14)13(12)10(2)15/h3-6,10,17H,1,7-9,15H2,2H3/t10-/m0/s1. The maximum atomic E-state index is 13.7. The summed E-state index contributed by atoms with van der Waals surface area (Å²) in [5.74, 6) is -0.315. The third kappa shape index (κ3) is 3.28. The van der Waals surface area contributed by atoms with E-state index in [-0.39, 0.29) is 12.4 Å². The molecule has 0 saturated heterocycles. The number of nitrogens with two attached hydrogens (primary N) is 1. The van der Waals surface area contributed by atoms with Crippen molar-refractivity contribution in [1.82, 2.24) is 0 Å². The molecule has 0 heterocycles. The van der Waals surface area contributed by atoms with E-state index < -0.39 is 6.04 Å². The maximum absolute atomic E-state index is 13.7. The molecule has 0 unspecified atom stereocenters. The molecule has 3 N–H and O–H groups in total. The van der Waals surface area contributed by atoms with E-state index in [1.165, 1.54) is 6.07 Å². The molecule has 0 spiro atoms. The molecule has 0 aromatic heterocycles. The second kappa shape index (κ2) is 6.37. The molecule has 1 rings (SSSR count). The number of hydrogen-bond donors (Lipinski definition) is 2. The van der Waals surface area contributed by atoms with Crippen molar-refractivity contribution < 1.29 is 9.50 Å². The Morgan fingerprint density at radius 3 is 2.82 bits per heavy atom. The highest BCUT2D eigenvalue weighted by Gasteiger charge is 2.16. The summed E-state index contributed by atoms with van der Waals surface area (Å²) in [6, 6.07) is 4.45. The number of aliphatic hydroxyl groups is 1. The minimum absolute atomic E-state index is 0.00272. The van der Waals surface area contributed by atoms with Crippen LogP contribution in [0.4, 0.5) is 10.1 Å². The van der Waals surface area contributed by atoms with Crippen LogP contribution < -0.4 is 10.6 Å². The Morgan fingerprint density at radius 2 is 2.29 bits per heavy atom. The Morgan fingerprint density at radius 1 is 1.59 bits per heavy atom. The van der Waals surface area contributed by atoms with E-state index in [4.69, 9.17) is 10.8 Å². The van der Waals surface area contributed by atoms with Gasteiger partial charge in [0.05, 0.1) is 6.61 Å². The number of anilines is 1. The molecule has 0 radical (unpaired) electrons. The fourth-order valence-electron chi connectivity index (χ4n) is 1.84. The fraction of sp³-hybridized carbons (Fsp3) is 0.385. The van der Waals surface area contributed by atoms with E-state index in [9.17, 15) is 4.39 Å². The Bertz CT molecular complexity index is 380. The van der Waals surface area contributed by atoms with E-state index in [2.05, 4.69) is 6.58 Å². The average Bonchev–Trinajstić information content (AvgIpc) is 2.28. The van der Waals surface area contributed by atoms with E-state index in [0.29, 0.717) is 24.3 Å². The lowest BCUT2D eigenvalue weighted by atomic mass is 10.0. The summed E-state index contributed by atoms with van der Waals surface area (Å²) in [7, 11) is 0. The van der Waals surface area contributed by atoms with Gasteiger partial charge in [0.25, 0.3) is 0 Å². The first-order chi connectivity index (χ1) is 8.11. The lowest BCUT2D eigenvalue weighted by Crippen LogP contribution is -2.29. The van der Waals surface area contributed by atoms with Gasteiger partial charge in [-0.3, -0.25) is 0 Å². The molecule has 17 heavy (non-hydrogen) atoms. The van der Waals surface area contributed by atoms with E-state index in [1.807, 2.05) is 4.90 Å². The van der Waals surface area contributed by atoms with Crippen LogP contribution in [0.3, 0.4) is 0 Å². The number of hydrogen-bond acceptors (Lipinski definition) is 3. The monoisotopic (exact) mass is 238 g/mol. The molecular formula is C13H19FN2O. The van der Waals surface area contributed by atoms with E-state index in [1.54, 1.807) is 25.1 Å². The van der Waals surface area contributed by atoms with Gasteiger partial charge in [-0.25, -0.2) is 4.39 Å². The minimum atomic E-state index is -0.391. The van der Waals surface area contributed by atoms with Crippen molar-refractivity contribution in [2.75, 3.05) is 24.6 Å². The van der Waals surface area contributed by atoms with Crippen LogP contribution in [0.1, 0.15) is 18.5 Å². The van der Waals surface area contributed by atoms with Gasteiger partial charge in [0.15, 0.2) is 0 Å². The van der Waals surface area contributed by atoms with Crippen molar-refractivity contribution in [3.05, 3.63) is 42.2 Å². The molecular weight excluding hydrogens is 219 g/mol. The van der Waals surface area contributed by atoms with Crippen molar-refractivity contribution in [2.45, 2.75) is 13.0 Å². The van der Waals surface area contributed by atoms with Crippen LogP contribution in [0, 0.1) is 5.82 Å². The lowest BCUT2D eigenvalue weighted by molar-refractivity contribution is 0.303. The highest BCUT2D eigenvalue weighted by atomic mass is 19.1. The molecule has 94 valence electrons. The van der Waals surface area contributed by atoms with E-state index in [0.717, 1.165) is 0 Å². The van der Waals surface area contributed by atoms with Crippen LogP contribution in [0.2, 0.25) is 0 Å². The number of halogens is 1. The van der Waals surface area contributed by atoms with Gasteiger partial charge in [-0.1, -0.05) is 12.1 Å². The average molecular weight is 238 g/mol. The fourth-order valence-corrected chi connectivity index (χ4v) is 1.84. The first-order valence-electron chi connectivity index (χ1n) is 5.62. The van der Waals surface area contributed by atoms with Gasteiger partial charge >= 0.3 is 0 Å². The molecule has 0 aliphatic heterocycles. The van der Waals surface area contributed by atoms with Gasteiger partial charge in [0, 0.05) is 30.4 Å². The molecule has 3 nitrogen and oxygen atoms in total. The highest BCUT2D eigenvalue weighted by molar-refractivity contribution is 5.56. The van der Waals surface area contributed by atoms with Gasteiger partial charge < -0.3 is 15.7 Å². The van der Waals surface area contributed by atoms with E-state index >= 15 is 0 Å². The third-order valence-electron chi connectivity index (χ3n) is 2.55. The predicted octanol–water partition coefficient (Wildman–Crippen LogP) is 1.83. The SMILES string of the molecule is C=CCN(CCO)c1cccc(F)c1[C@H](C)N. The van der Waals surface area contributed by atoms with Crippen LogP contribution in [-0.4, -0.2) is 24.8 Å². The topological polar surface area (TPSA) is 49.5 Å². The van der Waals surface area contributed by atoms with Crippen LogP contribution in [-0.2, 0) is 0 Å². The number of benzene rings is 1. The van der Waals surface area contributed by atoms with Gasteiger partial charge in [-0.2, -0.15) is 0 Å². The zero-order valence-corrected chi connectivity index (χ0v) is 10.1. The van der Waals surface area contributed by atoms with Crippen molar-refractivity contribution in [1.29, 1.82) is 0 Å². The lowest BCUT2D eigenvalue weighted by Gasteiger charge is -2.26. The van der Waals surface area contributed by atoms with Gasteiger partial charge in [0.1, 0.15) is 5.82 Å². The molecule has 0 amide bonds. The predicted molar refractivity (Wildman–Crippen MR) is 68.5 cm³/mol. The molecule has 0 saturated carbocycles.